The zero-order valence-corrected chi connectivity index (χ0v) is 18.9. The molecule has 2 aliphatic rings. The van der Waals surface area contributed by atoms with Crippen LogP contribution < -0.4 is 9.80 Å². The Morgan fingerprint density at radius 3 is 2.25 bits per heavy atom. The fourth-order valence-electron chi connectivity index (χ4n) is 4.10. The van der Waals surface area contributed by atoms with Gasteiger partial charge in [0.15, 0.2) is 0 Å². The van der Waals surface area contributed by atoms with E-state index in [1.165, 1.54) is 9.80 Å². The van der Waals surface area contributed by atoms with E-state index in [4.69, 9.17) is 4.74 Å². The third-order valence-electron chi connectivity index (χ3n) is 5.66. The SMILES string of the molecule is Cc1cnc(N2CCN(C(=O)c3c(F)cc(N4C(=O)OC[C@H]4C)cc3F)CC2)c(C)c1.Cl. The van der Waals surface area contributed by atoms with E-state index in [9.17, 15) is 18.4 Å². The molecule has 2 amide bonds. The lowest BCUT2D eigenvalue weighted by Crippen LogP contribution is -2.49. The van der Waals surface area contributed by atoms with E-state index in [1.54, 1.807) is 13.1 Å². The highest BCUT2D eigenvalue weighted by Crippen LogP contribution is 2.28. The molecule has 4 rings (SSSR count). The second-order valence-electron chi connectivity index (χ2n) is 8.01. The summed E-state index contributed by atoms with van der Waals surface area (Å²) in [6, 6.07) is 3.72. The lowest BCUT2D eigenvalue weighted by molar-refractivity contribution is 0.0736. The Morgan fingerprint density at radius 2 is 1.72 bits per heavy atom. The number of cyclic esters (lactones) is 1. The van der Waals surface area contributed by atoms with E-state index in [0.29, 0.717) is 26.2 Å². The van der Waals surface area contributed by atoms with Crippen LogP contribution in [0.4, 0.5) is 25.1 Å². The number of anilines is 2. The van der Waals surface area contributed by atoms with Gasteiger partial charge in [-0.05, 0) is 44.0 Å². The minimum atomic E-state index is -0.995. The summed E-state index contributed by atoms with van der Waals surface area (Å²) in [7, 11) is 0. The smallest absolute Gasteiger partial charge is 0.414 e. The first kappa shape index (κ1) is 23.7. The van der Waals surface area contributed by atoms with Crippen molar-refractivity contribution in [1.29, 1.82) is 0 Å². The highest BCUT2D eigenvalue weighted by Gasteiger charge is 2.34. The number of aromatic nitrogens is 1. The molecule has 2 saturated heterocycles. The Balaban J connectivity index is 0.00000289. The number of rotatable bonds is 3. The second-order valence-corrected chi connectivity index (χ2v) is 8.01. The van der Waals surface area contributed by atoms with E-state index in [0.717, 1.165) is 29.1 Å². The molecule has 3 heterocycles. The lowest BCUT2D eigenvalue weighted by atomic mass is 10.1. The summed E-state index contributed by atoms with van der Waals surface area (Å²) in [4.78, 5) is 33.9. The van der Waals surface area contributed by atoms with Crippen molar-refractivity contribution in [2.24, 2.45) is 0 Å². The van der Waals surface area contributed by atoms with Crippen LogP contribution in [0.15, 0.2) is 24.4 Å². The number of carbonyl (C=O) groups is 2. The van der Waals surface area contributed by atoms with Crippen molar-refractivity contribution in [3.8, 4) is 0 Å². The largest absolute Gasteiger partial charge is 0.447 e. The lowest BCUT2D eigenvalue weighted by Gasteiger charge is -2.36. The van der Waals surface area contributed by atoms with E-state index < -0.39 is 29.2 Å². The standard InChI is InChI=1S/C22H24F2N4O3.ClH/c1-13-8-14(2)20(25-11-13)26-4-6-27(7-5-26)21(29)19-17(23)9-16(10-18(19)24)28-15(3)12-31-22(28)30;/h8-11,15H,4-7,12H2,1-3H3;1H/t15-;/m1./s1. The fraction of sp³-hybridized carbons (Fsp3) is 0.409. The number of carbonyl (C=O) groups excluding carboxylic acids is 2. The molecule has 0 unspecified atom stereocenters. The van der Waals surface area contributed by atoms with E-state index in [2.05, 4.69) is 9.88 Å². The minimum Gasteiger partial charge on any atom is -0.447 e. The average molecular weight is 467 g/mol. The molecule has 10 heteroatoms. The third kappa shape index (κ3) is 4.34. The molecular weight excluding hydrogens is 442 g/mol. The van der Waals surface area contributed by atoms with Gasteiger partial charge in [0.05, 0.1) is 11.7 Å². The maximum Gasteiger partial charge on any atom is 0.414 e. The van der Waals surface area contributed by atoms with Crippen LogP contribution in [0.25, 0.3) is 0 Å². The number of aryl methyl sites for hydroxylation is 2. The van der Waals surface area contributed by atoms with Gasteiger partial charge < -0.3 is 14.5 Å². The van der Waals surface area contributed by atoms with Crippen molar-refractivity contribution in [1.82, 2.24) is 9.88 Å². The predicted octanol–water partition coefficient (Wildman–Crippen LogP) is 3.71. The van der Waals surface area contributed by atoms with Crippen LogP contribution in [0, 0.1) is 25.5 Å². The molecule has 2 fully saturated rings. The normalized spacial score (nSPS) is 18.5. The van der Waals surface area contributed by atoms with E-state index in [1.807, 2.05) is 19.9 Å². The van der Waals surface area contributed by atoms with Gasteiger partial charge in [-0.25, -0.2) is 18.6 Å². The molecule has 2 aromatic rings. The Hall–Kier alpha value is -2.94. The van der Waals surface area contributed by atoms with Crippen LogP contribution in [0.5, 0.6) is 0 Å². The first-order valence-corrected chi connectivity index (χ1v) is 10.2. The molecule has 0 aliphatic carbocycles. The number of benzene rings is 1. The monoisotopic (exact) mass is 466 g/mol. The van der Waals surface area contributed by atoms with Gasteiger partial charge in [-0.2, -0.15) is 0 Å². The molecule has 1 aromatic heterocycles. The molecule has 0 radical (unpaired) electrons. The van der Waals surface area contributed by atoms with Crippen molar-refractivity contribution < 1.29 is 23.1 Å². The zero-order chi connectivity index (χ0) is 22.3. The number of nitrogens with zero attached hydrogens (tertiary/aromatic N) is 4. The van der Waals surface area contributed by atoms with Crippen molar-refractivity contribution in [2.45, 2.75) is 26.8 Å². The van der Waals surface area contributed by atoms with Gasteiger partial charge in [0.2, 0.25) is 0 Å². The maximum atomic E-state index is 14.8. The van der Waals surface area contributed by atoms with Crippen LogP contribution in [-0.2, 0) is 4.74 Å². The molecular formula is C22H25ClF2N4O3. The van der Waals surface area contributed by atoms with Crippen molar-refractivity contribution in [3.05, 3.63) is 52.7 Å². The van der Waals surface area contributed by atoms with Gasteiger partial charge in [-0.15, -0.1) is 12.4 Å². The first-order chi connectivity index (χ1) is 14.8. The average Bonchev–Trinajstić information content (AvgIpc) is 3.05. The predicted molar refractivity (Wildman–Crippen MR) is 119 cm³/mol. The number of halogens is 3. The molecule has 2 aliphatic heterocycles. The topological polar surface area (TPSA) is 66.0 Å². The third-order valence-corrected chi connectivity index (χ3v) is 5.66. The van der Waals surface area contributed by atoms with Crippen LogP contribution in [0.1, 0.15) is 28.4 Å². The number of pyridine rings is 1. The summed E-state index contributed by atoms with van der Waals surface area (Å²) < 4.78 is 34.4. The summed E-state index contributed by atoms with van der Waals surface area (Å²) in [5.74, 6) is -1.84. The summed E-state index contributed by atoms with van der Waals surface area (Å²) in [6.07, 6.45) is 1.13. The van der Waals surface area contributed by atoms with Crippen LogP contribution in [0.2, 0.25) is 0 Å². The second kappa shape index (κ2) is 9.28. The Labute approximate surface area is 191 Å². The van der Waals surface area contributed by atoms with E-state index >= 15 is 0 Å². The van der Waals surface area contributed by atoms with Crippen molar-refractivity contribution in [2.75, 3.05) is 42.6 Å². The summed E-state index contributed by atoms with van der Waals surface area (Å²) in [5.41, 5.74) is 1.54. The molecule has 1 aromatic carbocycles. The quantitative estimate of drug-likeness (QED) is 0.690. The molecule has 32 heavy (non-hydrogen) atoms. The van der Waals surface area contributed by atoms with Gasteiger partial charge >= 0.3 is 6.09 Å². The Kier molecular flexibility index (Phi) is 6.88. The number of amides is 2. The molecule has 0 bridgehead atoms. The van der Waals surface area contributed by atoms with Gasteiger partial charge in [0.1, 0.15) is 29.6 Å². The van der Waals surface area contributed by atoms with Crippen molar-refractivity contribution >= 4 is 35.9 Å². The fourth-order valence-corrected chi connectivity index (χ4v) is 4.10. The Morgan fingerprint density at radius 1 is 1.09 bits per heavy atom. The molecule has 172 valence electrons. The molecule has 0 spiro atoms. The number of ether oxygens (including phenoxy) is 1. The zero-order valence-electron chi connectivity index (χ0n) is 18.1. The first-order valence-electron chi connectivity index (χ1n) is 10.2. The summed E-state index contributed by atoms with van der Waals surface area (Å²) >= 11 is 0. The minimum absolute atomic E-state index is 0. The van der Waals surface area contributed by atoms with Crippen LogP contribution >= 0.6 is 12.4 Å². The van der Waals surface area contributed by atoms with Gasteiger partial charge in [0, 0.05) is 32.4 Å². The molecule has 1 atom stereocenters. The Bertz CT molecular complexity index is 1020. The molecule has 0 saturated carbocycles. The maximum absolute atomic E-state index is 14.8. The van der Waals surface area contributed by atoms with Gasteiger partial charge in [-0.1, -0.05) is 6.07 Å². The van der Waals surface area contributed by atoms with E-state index in [-0.39, 0.29) is 30.7 Å². The number of piperazine rings is 1. The number of hydrogen-bond acceptors (Lipinski definition) is 5. The van der Waals surface area contributed by atoms with Gasteiger partial charge in [0.25, 0.3) is 5.91 Å². The summed E-state index contributed by atoms with van der Waals surface area (Å²) in [5, 5.41) is 0. The van der Waals surface area contributed by atoms with Crippen LogP contribution in [0.3, 0.4) is 0 Å². The number of hydrogen-bond donors (Lipinski definition) is 0. The highest BCUT2D eigenvalue weighted by molar-refractivity contribution is 5.96. The molecule has 0 N–H and O–H groups in total. The summed E-state index contributed by atoms with van der Waals surface area (Å²) in [6.45, 7) is 7.49. The molecule has 7 nitrogen and oxygen atoms in total. The van der Waals surface area contributed by atoms with Crippen LogP contribution in [-0.4, -0.2) is 60.7 Å². The highest BCUT2D eigenvalue weighted by atomic mass is 35.5. The van der Waals surface area contributed by atoms with Crippen molar-refractivity contribution in [3.63, 3.8) is 0 Å². The van der Waals surface area contributed by atoms with Gasteiger partial charge in [-0.3, -0.25) is 9.69 Å².